The van der Waals surface area contributed by atoms with Crippen LogP contribution in [0.15, 0.2) is 24.3 Å². The summed E-state index contributed by atoms with van der Waals surface area (Å²) in [5, 5.41) is 11.6. The lowest BCUT2D eigenvalue weighted by Crippen LogP contribution is -2.41. The van der Waals surface area contributed by atoms with Crippen LogP contribution in [0.2, 0.25) is 0 Å². The first kappa shape index (κ1) is 17.1. The van der Waals surface area contributed by atoms with Gasteiger partial charge in [0.25, 0.3) is 0 Å². The van der Waals surface area contributed by atoms with Crippen molar-refractivity contribution in [2.45, 2.75) is 51.7 Å². The van der Waals surface area contributed by atoms with Crippen LogP contribution in [0, 0.1) is 5.92 Å². The molecule has 2 N–H and O–H groups in total. The van der Waals surface area contributed by atoms with Crippen LogP contribution in [0.3, 0.4) is 0 Å². The fourth-order valence-electron chi connectivity index (χ4n) is 2.61. The number of benzene rings is 1. The van der Waals surface area contributed by atoms with E-state index in [9.17, 15) is 4.79 Å². The number of nitrogens with one attached hydrogen (secondary N) is 1. The molecule has 1 aromatic rings. The number of rotatable bonds is 4. The molecular formula is C18H24BNO4. The molecule has 2 aliphatic rings. The number of allylic oxidation sites excluding steroid dienone is 1. The summed E-state index contributed by atoms with van der Waals surface area (Å²) in [6.45, 7) is 7.90. The van der Waals surface area contributed by atoms with Crippen LogP contribution in [0.25, 0.3) is 6.08 Å². The number of hydrogen-bond acceptors (Lipinski definition) is 3. The molecule has 1 saturated heterocycles. The van der Waals surface area contributed by atoms with Crippen molar-refractivity contribution in [3.8, 4) is 0 Å². The fourth-order valence-corrected chi connectivity index (χ4v) is 2.61. The second kappa shape index (κ2) is 5.94. The zero-order valence-electron chi connectivity index (χ0n) is 14.6. The maximum Gasteiger partial charge on any atom is 0.496 e. The third-order valence-electron chi connectivity index (χ3n) is 5.01. The Morgan fingerprint density at radius 3 is 2.42 bits per heavy atom. The Morgan fingerprint density at radius 2 is 1.88 bits per heavy atom. The first-order chi connectivity index (χ1) is 11.2. The summed E-state index contributed by atoms with van der Waals surface area (Å²) in [6.07, 6.45) is 5.59. The topological polar surface area (TPSA) is 67.8 Å². The van der Waals surface area contributed by atoms with Gasteiger partial charge in [-0.2, -0.15) is 0 Å². The van der Waals surface area contributed by atoms with Crippen molar-refractivity contribution < 1.29 is 19.2 Å². The minimum atomic E-state index is -1.10. The highest BCUT2D eigenvalue weighted by Crippen LogP contribution is 2.37. The van der Waals surface area contributed by atoms with Gasteiger partial charge in [-0.25, -0.2) is 4.79 Å². The number of hydrogen-bond donors (Lipinski definition) is 2. The molecule has 0 aromatic heterocycles. The van der Waals surface area contributed by atoms with Crippen molar-refractivity contribution in [3.63, 3.8) is 0 Å². The Labute approximate surface area is 143 Å². The van der Waals surface area contributed by atoms with Gasteiger partial charge in [0.15, 0.2) is 0 Å². The van der Waals surface area contributed by atoms with Gasteiger partial charge in [0.1, 0.15) is 0 Å². The first-order valence-corrected chi connectivity index (χ1v) is 8.36. The van der Waals surface area contributed by atoms with E-state index in [1.807, 2.05) is 52.0 Å². The highest BCUT2D eigenvalue weighted by Gasteiger charge is 2.52. The molecule has 3 rings (SSSR count). The van der Waals surface area contributed by atoms with Gasteiger partial charge in [0.05, 0.1) is 11.2 Å². The number of carboxylic acid groups (broad SMARTS) is 1. The van der Waals surface area contributed by atoms with E-state index in [0.717, 1.165) is 5.56 Å². The molecule has 1 heterocycles. The number of anilines is 1. The smallest absolute Gasteiger partial charge is 0.465 e. The minimum absolute atomic E-state index is 0.470. The van der Waals surface area contributed by atoms with Gasteiger partial charge in [-0.1, -0.05) is 24.3 Å². The van der Waals surface area contributed by atoms with Crippen molar-refractivity contribution in [1.82, 2.24) is 0 Å². The number of carbonyl (C=O) groups is 1. The van der Waals surface area contributed by atoms with Crippen molar-refractivity contribution in [3.05, 3.63) is 29.8 Å². The minimum Gasteiger partial charge on any atom is -0.465 e. The summed E-state index contributed by atoms with van der Waals surface area (Å²) in [5.74, 6) is 0.670. The molecular weight excluding hydrogens is 305 g/mol. The van der Waals surface area contributed by atoms with E-state index in [4.69, 9.17) is 14.4 Å². The van der Waals surface area contributed by atoms with E-state index < -0.39 is 24.4 Å². The molecule has 1 aliphatic carbocycles. The zero-order chi connectivity index (χ0) is 17.5. The van der Waals surface area contributed by atoms with E-state index in [0.29, 0.717) is 17.1 Å². The van der Waals surface area contributed by atoms with Crippen LogP contribution in [-0.4, -0.2) is 29.5 Å². The second-order valence-electron chi connectivity index (χ2n) is 7.56. The van der Waals surface area contributed by atoms with Crippen LogP contribution >= 0.6 is 0 Å². The molecule has 0 spiro atoms. The average molecular weight is 329 g/mol. The molecule has 1 aliphatic heterocycles. The fraction of sp³-hybridized carbons (Fsp3) is 0.500. The van der Waals surface area contributed by atoms with E-state index in [1.165, 1.54) is 12.8 Å². The van der Waals surface area contributed by atoms with Crippen LogP contribution in [0.4, 0.5) is 10.5 Å². The molecule has 5 nitrogen and oxygen atoms in total. The lowest BCUT2D eigenvalue weighted by molar-refractivity contribution is 0.00578. The standard InChI is InChI=1S/C18H24BNO4/c1-17(2)18(3,4)24-19(23-17)14-10-9-13(8-7-12-5-6-12)11-15(14)20-16(21)22/h7-12,20H,5-6H2,1-4H3,(H,21,22). The molecule has 1 aromatic carbocycles. The molecule has 2 fully saturated rings. The van der Waals surface area contributed by atoms with Crippen molar-refractivity contribution >= 4 is 30.4 Å². The summed E-state index contributed by atoms with van der Waals surface area (Å²) >= 11 is 0. The molecule has 1 saturated carbocycles. The van der Waals surface area contributed by atoms with Crippen molar-refractivity contribution in [2.75, 3.05) is 5.32 Å². The van der Waals surface area contributed by atoms with Gasteiger partial charge < -0.3 is 14.4 Å². The zero-order valence-corrected chi connectivity index (χ0v) is 14.6. The molecule has 0 bridgehead atoms. The lowest BCUT2D eigenvalue weighted by atomic mass is 9.77. The highest BCUT2D eigenvalue weighted by atomic mass is 16.7. The Bertz CT molecular complexity index is 664. The SMILES string of the molecule is CC1(C)OB(c2ccc(C=CC3CC3)cc2NC(=O)O)OC1(C)C. The Balaban J connectivity index is 1.90. The second-order valence-corrected chi connectivity index (χ2v) is 7.56. The van der Waals surface area contributed by atoms with Crippen LogP contribution in [-0.2, 0) is 9.31 Å². The highest BCUT2D eigenvalue weighted by molar-refractivity contribution is 6.64. The monoisotopic (exact) mass is 329 g/mol. The van der Waals surface area contributed by atoms with Crippen LogP contribution < -0.4 is 10.8 Å². The maximum atomic E-state index is 11.2. The molecule has 1 amide bonds. The van der Waals surface area contributed by atoms with Gasteiger partial charge in [-0.05, 0) is 58.1 Å². The quantitative estimate of drug-likeness (QED) is 0.830. The summed E-state index contributed by atoms with van der Waals surface area (Å²) in [5.41, 5.74) is 1.22. The van der Waals surface area contributed by atoms with Gasteiger partial charge in [0, 0.05) is 11.2 Å². The van der Waals surface area contributed by atoms with Crippen LogP contribution in [0.1, 0.15) is 46.1 Å². The molecule has 0 unspecified atom stereocenters. The Hall–Kier alpha value is -1.79. The molecule has 0 radical (unpaired) electrons. The third kappa shape index (κ3) is 3.49. The van der Waals surface area contributed by atoms with Gasteiger partial charge >= 0.3 is 13.2 Å². The third-order valence-corrected chi connectivity index (χ3v) is 5.01. The predicted molar refractivity (Wildman–Crippen MR) is 95.6 cm³/mol. The van der Waals surface area contributed by atoms with E-state index in [-0.39, 0.29) is 0 Å². The van der Waals surface area contributed by atoms with E-state index in [2.05, 4.69) is 11.4 Å². The van der Waals surface area contributed by atoms with Gasteiger partial charge in [0.2, 0.25) is 0 Å². The largest absolute Gasteiger partial charge is 0.496 e. The van der Waals surface area contributed by atoms with Gasteiger partial charge in [-0.15, -0.1) is 0 Å². The molecule has 128 valence electrons. The normalized spacial score (nSPS) is 22.1. The molecule has 6 heteroatoms. The predicted octanol–water partition coefficient (Wildman–Crippen LogP) is 3.50. The summed E-state index contributed by atoms with van der Waals surface area (Å²) in [4.78, 5) is 11.2. The van der Waals surface area contributed by atoms with E-state index in [1.54, 1.807) is 0 Å². The molecule has 0 atom stereocenters. The Kier molecular flexibility index (Phi) is 4.22. The van der Waals surface area contributed by atoms with Gasteiger partial charge in [-0.3, -0.25) is 5.32 Å². The van der Waals surface area contributed by atoms with Crippen LogP contribution in [0.5, 0.6) is 0 Å². The van der Waals surface area contributed by atoms with Crippen molar-refractivity contribution in [2.24, 2.45) is 5.92 Å². The van der Waals surface area contributed by atoms with E-state index >= 15 is 0 Å². The lowest BCUT2D eigenvalue weighted by Gasteiger charge is -2.32. The molecule has 24 heavy (non-hydrogen) atoms. The maximum absolute atomic E-state index is 11.2. The average Bonchev–Trinajstić information content (AvgIpc) is 3.24. The van der Waals surface area contributed by atoms with Crippen molar-refractivity contribution in [1.29, 1.82) is 0 Å². The number of amides is 1. The summed E-state index contributed by atoms with van der Waals surface area (Å²) < 4.78 is 12.1. The summed E-state index contributed by atoms with van der Waals surface area (Å²) in [6, 6.07) is 5.67. The first-order valence-electron chi connectivity index (χ1n) is 8.36. The Morgan fingerprint density at radius 1 is 1.25 bits per heavy atom. The summed E-state index contributed by atoms with van der Waals surface area (Å²) in [7, 11) is -0.599.